The fourth-order valence-electron chi connectivity index (χ4n) is 8.80. The third-order valence-corrected chi connectivity index (χ3v) is 13.0. The number of unbranched alkanes of at least 4 members (excludes halogenated alkanes) is 2. The fourth-order valence-corrected chi connectivity index (χ4v) is 8.80. The van der Waals surface area contributed by atoms with Gasteiger partial charge in [0, 0.05) is 12.5 Å². The van der Waals surface area contributed by atoms with Crippen molar-refractivity contribution in [2.24, 2.45) is 35.0 Å². The van der Waals surface area contributed by atoms with Crippen molar-refractivity contribution in [3.05, 3.63) is 59.7 Å². The second kappa shape index (κ2) is 32.5. The summed E-state index contributed by atoms with van der Waals surface area (Å²) in [6.45, 7) is 11.3. The highest BCUT2D eigenvalue weighted by molar-refractivity contribution is 5.97. The Morgan fingerprint density at radius 1 is 0.600 bits per heavy atom. The average molecular weight is 1050 g/mol. The summed E-state index contributed by atoms with van der Waals surface area (Å²) in [4.78, 5) is 109. The van der Waals surface area contributed by atoms with E-state index in [0.29, 0.717) is 45.2 Å². The topological polar surface area (TPSA) is 364 Å². The van der Waals surface area contributed by atoms with E-state index in [0.717, 1.165) is 22.3 Å². The van der Waals surface area contributed by atoms with E-state index in [1.165, 1.54) is 0 Å². The van der Waals surface area contributed by atoms with Gasteiger partial charge in [-0.15, -0.1) is 0 Å². The largest absolute Gasteiger partial charge is 0.480 e. The van der Waals surface area contributed by atoms with Gasteiger partial charge in [0.25, 0.3) is 0 Å². The number of guanidine groups is 1. The molecule has 75 heavy (non-hydrogen) atoms. The SMILES string of the molecule is CC[C@H](C)[C@H](NC(=O)[C@H](CCCNC(=N)N)NC(=O)[C@@H](CCCCN)NC(=O)[C@H](CC(C)C)NC(=O)[C@H](CC(C)C)NC(=O)CNC(=O)OCC1c2ccccc2-c2ccccc21)C(=O)N[C@H](CCCCN)C(=O)O. The molecular formula is C53H84N12O10. The van der Waals surface area contributed by atoms with Crippen molar-refractivity contribution in [1.29, 1.82) is 5.41 Å². The predicted octanol–water partition coefficient (Wildman–Crippen LogP) is 2.18. The van der Waals surface area contributed by atoms with Gasteiger partial charge in [-0.05, 0) is 117 Å². The van der Waals surface area contributed by atoms with Crippen LogP contribution in [0.25, 0.3) is 11.1 Å². The third kappa shape index (κ3) is 21.2. The normalized spacial score (nSPS) is 14.6. The lowest BCUT2D eigenvalue weighted by Gasteiger charge is -2.29. The number of aliphatic carboxylic acids is 1. The number of carboxylic acid groups (broad SMARTS) is 1. The Bertz CT molecular complexity index is 2180. The molecule has 0 spiro atoms. The van der Waals surface area contributed by atoms with Gasteiger partial charge in [0.05, 0.1) is 0 Å². The van der Waals surface area contributed by atoms with Crippen LogP contribution >= 0.6 is 0 Å². The number of nitrogens with one attached hydrogen (secondary N) is 9. The number of carbonyl (C=O) groups excluding carboxylic acids is 7. The minimum atomic E-state index is -1.27. The Morgan fingerprint density at radius 2 is 1.05 bits per heavy atom. The molecule has 16 N–H and O–H groups in total. The molecule has 22 nitrogen and oxygen atoms in total. The number of alkyl carbamates (subject to hydrolysis) is 1. The van der Waals surface area contributed by atoms with Gasteiger partial charge >= 0.3 is 12.1 Å². The number of carboxylic acids is 1. The van der Waals surface area contributed by atoms with E-state index in [1.54, 1.807) is 13.8 Å². The van der Waals surface area contributed by atoms with Crippen LogP contribution in [-0.2, 0) is 38.3 Å². The quantitative estimate of drug-likeness (QED) is 0.0272. The first-order chi connectivity index (χ1) is 35.7. The molecule has 0 unspecified atom stereocenters. The molecule has 0 aromatic heterocycles. The van der Waals surface area contributed by atoms with Crippen molar-refractivity contribution in [1.82, 2.24) is 42.5 Å². The summed E-state index contributed by atoms with van der Waals surface area (Å²) in [6, 6.07) is 8.59. The molecule has 0 saturated carbocycles. The van der Waals surface area contributed by atoms with E-state index in [2.05, 4.69) is 42.5 Å². The number of hydrogen-bond acceptors (Lipinski definition) is 12. The summed E-state index contributed by atoms with van der Waals surface area (Å²) in [5.41, 5.74) is 21.0. The van der Waals surface area contributed by atoms with Crippen LogP contribution in [0.3, 0.4) is 0 Å². The van der Waals surface area contributed by atoms with Crippen molar-refractivity contribution < 1.29 is 48.2 Å². The van der Waals surface area contributed by atoms with Crippen LogP contribution in [0.1, 0.15) is 129 Å². The van der Waals surface area contributed by atoms with Gasteiger partial charge in [-0.25, -0.2) is 9.59 Å². The Hall–Kier alpha value is -6.81. The molecule has 7 amide bonds. The van der Waals surface area contributed by atoms with Gasteiger partial charge in [-0.3, -0.25) is 34.2 Å². The molecule has 0 bridgehead atoms. The fraction of sp³-hybridized carbons (Fsp3) is 0.604. The highest BCUT2D eigenvalue weighted by atomic mass is 16.5. The van der Waals surface area contributed by atoms with Gasteiger partial charge in [0.1, 0.15) is 49.4 Å². The number of carbonyl (C=O) groups is 8. The third-order valence-electron chi connectivity index (χ3n) is 13.0. The summed E-state index contributed by atoms with van der Waals surface area (Å²) in [7, 11) is 0. The predicted molar refractivity (Wildman–Crippen MR) is 286 cm³/mol. The van der Waals surface area contributed by atoms with Crippen molar-refractivity contribution in [3.63, 3.8) is 0 Å². The summed E-state index contributed by atoms with van der Waals surface area (Å²) < 4.78 is 5.58. The second-order valence-corrected chi connectivity index (χ2v) is 20.1. The molecule has 3 rings (SSSR count). The molecule has 1 aliphatic rings. The maximum Gasteiger partial charge on any atom is 0.407 e. The van der Waals surface area contributed by atoms with E-state index in [1.807, 2.05) is 76.2 Å². The van der Waals surface area contributed by atoms with E-state index in [4.69, 9.17) is 27.3 Å². The standard InChI is InChI=1S/C53H84N12O10/c1-7-33(6)45(50(71)63-41(51(72)73)22-13-15-25-55)65-47(68)40(23-16-26-58-52(56)57)61-46(67)39(21-12-14-24-54)62-49(70)43(28-32(4)5)64-48(69)42(27-31(2)3)60-44(66)29-59-53(74)75-30-38-36-19-10-8-17-34(36)35-18-9-11-20-37(35)38/h8-11,17-20,31-33,38-43,45H,7,12-16,21-30,54-55H2,1-6H3,(H,59,74)(H,60,66)(H,61,67)(H,62,70)(H,63,71)(H,64,69)(H,65,68)(H,72,73)(H4,56,57,58)/t33-,39+,40-,41+,42-,43-,45-/m0/s1. The summed E-state index contributed by atoms with van der Waals surface area (Å²) in [5, 5.41) is 38.8. The maximum atomic E-state index is 14.3. The van der Waals surface area contributed by atoms with E-state index < -0.39 is 96.2 Å². The zero-order chi connectivity index (χ0) is 55.6. The lowest BCUT2D eigenvalue weighted by molar-refractivity contribution is -0.143. The molecule has 2 aromatic carbocycles. The summed E-state index contributed by atoms with van der Waals surface area (Å²) in [6.07, 6.45) is 2.29. The molecule has 416 valence electrons. The summed E-state index contributed by atoms with van der Waals surface area (Å²) in [5.74, 6) is -6.64. The first kappa shape index (κ1) is 62.5. The van der Waals surface area contributed by atoms with Crippen LogP contribution in [-0.4, -0.2) is 128 Å². The zero-order valence-corrected chi connectivity index (χ0v) is 44.6. The van der Waals surface area contributed by atoms with Crippen LogP contribution < -0.4 is 59.7 Å². The maximum absolute atomic E-state index is 14.3. The van der Waals surface area contributed by atoms with Gasteiger partial charge in [0.2, 0.25) is 35.4 Å². The molecule has 2 aromatic rings. The minimum Gasteiger partial charge on any atom is -0.480 e. The second-order valence-electron chi connectivity index (χ2n) is 20.1. The van der Waals surface area contributed by atoms with Gasteiger partial charge < -0.3 is 69.6 Å². The van der Waals surface area contributed by atoms with Crippen LogP contribution in [0, 0.1) is 23.2 Å². The van der Waals surface area contributed by atoms with Crippen LogP contribution in [0.2, 0.25) is 0 Å². The summed E-state index contributed by atoms with van der Waals surface area (Å²) >= 11 is 0. The zero-order valence-electron chi connectivity index (χ0n) is 44.6. The average Bonchev–Trinajstić information content (AvgIpc) is 3.68. The van der Waals surface area contributed by atoms with Crippen molar-refractivity contribution >= 4 is 53.5 Å². The number of nitrogens with two attached hydrogens (primary N) is 3. The first-order valence-corrected chi connectivity index (χ1v) is 26.3. The van der Waals surface area contributed by atoms with Gasteiger partial charge in [-0.1, -0.05) is 96.5 Å². The number of ether oxygens (including phenoxy) is 1. The lowest BCUT2D eigenvalue weighted by Crippen LogP contribution is -2.60. The molecule has 0 heterocycles. The van der Waals surface area contributed by atoms with Crippen LogP contribution in [0.15, 0.2) is 48.5 Å². The molecule has 22 heteroatoms. The van der Waals surface area contributed by atoms with Crippen molar-refractivity contribution in [3.8, 4) is 11.1 Å². The Kier molecular flexibility index (Phi) is 27.1. The van der Waals surface area contributed by atoms with Crippen molar-refractivity contribution in [2.75, 3.05) is 32.8 Å². The highest BCUT2D eigenvalue weighted by Crippen LogP contribution is 2.44. The van der Waals surface area contributed by atoms with Crippen LogP contribution in [0.4, 0.5) is 4.79 Å². The number of benzene rings is 2. The molecule has 7 atom stereocenters. The monoisotopic (exact) mass is 1050 g/mol. The number of rotatable bonds is 34. The number of hydrogen-bond donors (Lipinski definition) is 13. The molecule has 0 radical (unpaired) electrons. The van der Waals surface area contributed by atoms with Crippen molar-refractivity contribution in [2.45, 2.75) is 154 Å². The van der Waals surface area contributed by atoms with Crippen LogP contribution in [0.5, 0.6) is 0 Å². The molecule has 0 fully saturated rings. The van der Waals surface area contributed by atoms with Gasteiger partial charge in [-0.2, -0.15) is 0 Å². The lowest BCUT2D eigenvalue weighted by atomic mass is 9.96. The van der Waals surface area contributed by atoms with E-state index in [9.17, 15) is 43.5 Å². The molecule has 0 saturated heterocycles. The molecule has 0 aliphatic heterocycles. The minimum absolute atomic E-state index is 0.00318. The Balaban J connectivity index is 1.76. The van der Waals surface area contributed by atoms with Gasteiger partial charge in [0.15, 0.2) is 5.96 Å². The smallest absolute Gasteiger partial charge is 0.407 e. The van der Waals surface area contributed by atoms with E-state index >= 15 is 0 Å². The Labute approximate surface area is 441 Å². The number of fused-ring (bicyclic) bond motifs is 3. The number of amides is 7. The first-order valence-electron chi connectivity index (χ1n) is 26.3. The Morgan fingerprint density at radius 3 is 1.55 bits per heavy atom. The molecular weight excluding hydrogens is 965 g/mol. The highest BCUT2D eigenvalue weighted by Gasteiger charge is 2.35. The van der Waals surface area contributed by atoms with E-state index in [-0.39, 0.29) is 75.4 Å². The molecule has 1 aliphatic carbocycles.